The Bertz CT molecular complexity index is 1200. The number of carbonyl (C=O) groups is 1. The van der Waals surface area contributed by atoms with Gasteiger partial charge in [-0.25, -0.2) is 19.3 Å². The van der Waals surface area contributed by atoms with E-state index in [-0.39, 0.29) is 0 Å². The van der Waals surface area contributed by atoms with Crippen LogP contribution in [-0.4, -0.2) is 28.8 Å². The van der Waals surface area contributed by atoms with Crippen LogP contribution in [0.25, 0.3) is 10.4 Å². The smallest absolute Gasteiger partial charge is 0.263 e. The normalized spacial score (nSPS) is 14.9. The lowest BCUT2D eigenvalue weighted by molar-refractivity contribution is 0.101. The van der Waals surface area contributed by atoms with E-state index in [0.717, 1.165) is 58.9 Å². The number of hydrazone groups is 1. The number of nitrogens with one attached hydrogen (secondary N) is 3. The summed E-state index contributed by atoms with van der Waals surface area (Å²) in [5, 5.41) is 8.92. The third-order valence-corrected chi connectivity index (χ3v) is 6.32. The molecule has 31 heavy (non-hydrogen) atoms. The molecule has 158 valence electrons. The van der Waals surface area contributed by atoms with Crippen molar-refractivity contribution in [1.82, 2.24) is 21.1 Å². The van der Waals surface area contributed by atoms with E-state index in [9.17, 15) is 13.6 Å². The van der Waals surface area contributed by atoms with Gasteiger partial charge in [0, 0.05) is 12.6 Å². The highest BCUT2D eigenvalue weighted by atomic mass is 32.1. The molecule has 3 N–H and O–H groups in total. The standard InChI is InChI=1S/C21H18F2N6OS/c1-29-19(26-27-28-29)12-8-9-13-11(10-12)4-2-7-16-18(13)31-21(24-16)25-20(30)17-14(22)5-3-6-15(17)23/h3,5-6,8-10,27-28H,2,4,7H2,1H3,(H,24,25,30). The van der Waals surface area contributed by atoms with E-state index in [1.165, 1.54) is 23.0 Å². The van der Waals surface area contributed by atoms with Gasteiger partial charge in [0.05, 0.1) is 10.6 Å². The second-order valence-electron chi connectivity index (χ2n) is 7.29. The summed E-state index contributed by atoms with van der Waals surface area (Å²) in [5.74, 6) is -1.87. The number of hydrogen-bond acceptors (Lipinski definition) is 7. The molecule has 1 aliphatic carbocycles. The lowest BCUT2D eigenvalue weighted by Crippen LogP contribution is -2.37. The number of aromatic nitrogens is 1. The number of rotatable bonds is 3. The largest absolute Gasteiger partial charge is 0.298 e. The molecule has 7 nitrogen and oxygen atoms in total. The SMILES string of the molecule is CN1NNN=C1c1ccc2c(c1)CCCc1nc(NC(=O)c3c(F)cccc3F)sc1-2. The maximum atomic E-state index is 13.9. The zero-order valence-electron chi connectivity index (χ0n) is 16.5. The fraction of sp³-hybridized carbons (Fsp3) is 0.190. The highest BCUT2D eigenvalue weighted by Gasteiger charge is 2.24. The van der Waals surface area contributed by atoms with Gasteiger partial charge in [-0.2, -0.15) is 0 Å². The van der Waals surface area contributed by atoms with Crippen molar-refractivity contribution in [3.63, 3.8) is 0 Å². The molecule has 1 aromatic heterocycles. The van der Waals surface area contributed by atoms with E-state index in [1.54, 1.807) is 5.01 Å². The maximum absolute atomic E-state index is 13.9. The third kappa shape index (κ3) is 3.53. The summed E-state index contributed by atoms with van der Waals surface area (Å²) in [7, 11) is 1.87. The van der Waals surface area contributed by atoms with Gasteiger partial charge in [0.15, 0.2) is 11.0 Å². The van der Waals surface area contributed by atoms with Crippen LogP contribution in [0.4, 0.5) is 13.9 Å². The molecule has 0 unspecified atom stereocenters. The van der Waals surface area contributed by atoms with Gasteiger partial charge in [0.2, 0.25) is 0 Å². The van der Waals surface area contributed by atoms with E-state index in [4.69, 9.17) is 0 Å². The molecule has 0 radical (unpaired) electrons. The van der Waals surface area contributed by atoms with Crippen LogP contribution in [0, 0.1) is 11.6 Å². The van der Waals surface area contributed by atoms with Crippen LogP contribution in [0.5, 0.6) is 0 Å². The zero-order valence-corrected chi connectivity index (χ0v) is 17.3. The minimum Gasteiger partial charge on any atom is -0.298 e. The molecule has 2 aromatic carbocycles. The van der Waals surface area contributed by atoms with Crippen molar-refractivity contribution in [2.45, 2.75) is 19.3 Å². The average Bonchev–Trinajstić information content (AvgIpc) is 3.30. The molecule has 0 fully saturated rings. The van der Waals surface area contributed by atoms with Crippen molar-refractivity contribution >= 4 is 28.2 Å². The van der Waals surface area contributed by atoms with Crippen molar-refractivity contribution in [3.05, 3.63) is 70.4 Å². The first-order valence-corrected chi connectivity index (χ1v) is 10.5. The molecule has 10 heteroatoms. The minimum absolute atomic E-state index is 0.322. The first kappa shape index (κ1) is 19.6. The average molecular weight is 440 g/mol. The summed E-state index contributed by atoms with van der Waals surface area (Å²) in [5.41, 5.74) is 9.09. The second kappa shape index (κ2) is 7.71. The molecule has 0 atom stereocenters. The Labute approximate surface area is 180 Å². The number of thiazole rings is 1. The van der Waals surface area contributed by atoms with E-state index < -0.39 is 23.1 Å². The first-order chi connectivity index (χ1) is 15.0. The molecule has 1 amide bonds. The zero-order chi connectivity index (χ0) is 21.5. The van der Waals surface area contributed by atoms with Crippen LogP contribution in [0.3, 0.4) is 0 Å². The van der Waals surface area contributed by atoms with Gasteiger partial charge < -0.3 is 0 Å². The van der Waals surface area contributed by atoms with Gasteiger partial charge in [-0.1, -0.05) is 29.5 Å². The summed E-state index contributed by atoms with van der Waals surface area (Å²) in [6.07, 6.45) is 2.55. The van der Waals surface area contributed by atoms with E-state index in [0.29, 0.717) is 5.13 Å². The summed E-state index contributed by atoms with van der Waals surface area (Å²) < 4.78 is 27.9. The quantitative estimate of drug-likeness (QED) is 0.581. The van der Waals surface area contributed by atoms with E-state index in [2.05, 4.69) is 32.5 Å². The molecule has 2 heterocycles. The molecule has 1 aliphatic heterocycles. The number of amides is 1. The monoisotopic (exact) mass is 440 g/mol. The van der Waals surface area contributed by atoms with Gasteiger partial charge in [-0.15, -0.1) is 10.6 Å². The predicted molar refractivity (Wildman–Crippen MR) is 114 cm³/mol. The molecule has 3 aromatic rings. The summed E-state index contributed by atoms with van der Waals surface area (Å²) in [6.45, 7) is 0. The number of fused-ring (bicyclic) bond motifs is 3. The van der Waals surface area contributed by atoms with Crippen molar-refractivity contribution in [1.29, 1.82) is 0 Å². The Morgan fingerprint density at radius 2 is 2.00 bits per heavy atom. The van der Waals surface area contributed by atoms with E-state index >= 15 is 0 Å². The van der Waals surface area contributed by atoms with Crippen molar-refractivity contribution in [2.24, 2.45) is 5.10 Å². The number of amidine groups is 1. The maximum Gasteiger partial charge on any atom is 0.263 e. The highest BCUT2D eigenvalue weighted by Crippen LogP contribution is 2.39. The molecule has 2 aliphatic rings. The van der Waals surface area contributed by atoms with E-state index in [1.807, 2.05) is 19.2 Å². The number of benzene rings is 2. The number of halogens is 2. The van der Waals surface area contributed by atoms with Gasteiger partial charge in [-0.3, -0.25) is 15.1 Å². The highest BCUT2D eigenvalue weighted by molar-refractivity contribution is 7.19. The Morgan fingerprint density at radius 1 is 1.19 bits per heavy atom. The van der Waals surface area contributed by atoms with Crippen LogP contribution in [0.15, 0.2) is 41.5 Å². The Kier molecular flexibility index (Phi) is 4.87. The Hall–Kier alpha value is -3.37. The number of anilines is 1. The number of aryl methyl sites for hydroxylation is 2. The van der Waals surface area contributed by atoms with Crippen LogP contribution in [-0.2, 0) is 12.8 Å². The molecule has 0 spiro atoms. The molecule has 0 saturated carbocycles. The lowest BCUT2D eigenvalue weighted by Gasteiger charge is -2.14. The fourth-order valence-electron chi connectivity index (χ4n) is 3.81. The number of hydrazine groups is 2. The minimum atomic E-state index is -0.905. The van der Waals surface area contributed by atoms with Crippen LogP contribution in [0.2, 0.25) is 0 Å². The molecule has 0 bridgehead atoms. The summed E-state index contributed by atoms with van der Waals surface area (Å²) >= 11 is 1.31. The third-order valence-electron chi connectivity index (χ3n) is 5.27. The van der Waals surface area contributed by atoms with Crippen molar-refractivity contribution < 1.29 is 13.6 Å². The Morgan fingerprint density at radius 3 is 2.74 bits per heavy atom. The predicted octanol–water partition coefficient (Wildman–Crippen LogP) is 3.45. The fourth-order valence-corrected chi connectivity index (χ4v) is 4.87. The van der Waals surface area contributed by atoms with Crippen molar-refractivity contribution in [2.75, 3.05) is 12.4 Å². The number of hydrogen-bond donors (Lipinski definition) is 3. The van der Waals surface area contributed by atoms with Crippen LogP contribution in [0.1, 0.15) is 33.6 Å². The van der Waals surface area contributed by atoms with Crippen molar-refractivity contribution in [3.8, 4) is 10.4 Å². The summed E-state index contributed by atoms with van der Waals surface area (Å²) in [4.78, 5) is 17.9. The summed E-state index contributed by atoms with van der Waals surface area (Å²) in [6, 6.07) is 9.47. The van der Waals surface area contributed by atoms with Crippen LogP contribution >= 0.6 is 11.3 Å². The number of nitrogens with zero attached hydrogens (tertiary/aromatic N) is 3. The van der Waals surface area contributed by atoms with Crippen LogP contribution < -0.4 is 16.4 Å². The molecular weight excluding hydrogens is 422 g/mol. The van der Waals surface area contributed by atoms with Gasteiger partial charge in [0.1, 0.15) is 17.2 Å². The first-order valence-electron chi connectivity index (χ1n) is 9.72. The topological polar surface area (TPSA) is 81.7 Å². The number of carbonyl (C=O) groups excluding carboxylic acids is 1. The molecular formula is C21H18F2N6OS. The lowest BCUT2D eigenvalue weighted by atomic mass is 10.0. The van der Waals surface area contributed by atoms with Gasteiger partial charge in [-0.05, 0) is 48.6 Å². The van der Waals surface area contributed by atoms with Gasteiger partial charge >= 0.3 is 0 Å². The molecule has 5 rings (SSSR count). The second-order valence-corrected chi connectivity index (χ2v) is 8.29. The van der Waals surface area contributed by atoms with Gasteiger partial charge in [0.25, 0.3) is 5.91 Å². The molecule has 0 saturated heterocycles. The Balaban J connectivity index is 1.46.